The van der Waals surface area contributed by atoms with Crippen LogP contribution in [-0.2, 0) is 19.1 Å². The van der Waals surface area contributed by atoms with Crippen LogP contribution in [0.25, 0.3) is 6.08 Å². The van der Waals surface area contributed by atoms with Crippen molar-refractivity contribution < 1.29 is 28.6 Å². The zero-order valence-electron chi connectivity index (χ0n) is 14.6. The van der Waals surface area contributed by atoms with Crippen molar-refractivity contribution in [1.29, 1.82) is 0 Å². The second-order valence-corrected chi connectivity index (χ2v) is 5.65. The third-order valence-corrected chi connectivity index (χ3v) is 3.67. The molecule has 25 heavy (non-hydrogen) atoms. The van der Waals surface area contributed by atoms with Crippen LogP contribution < -0.4 is 9.47 Å². The van der Waals surface area contributed by atoms with Crippen LogP contribution >= 0.6 is 0 Å². The molecule has 0 aliphatic carbocycles. The summed E-state index contributed by atoms with van der Waals surface area (Å²) in [5, 5.41) is 0. The Hall–Kier alpha value is -2.63. The molecule has 1 aliphatic rings. The summed E-state index contributed by atoms with van der Waals surface area (Å²) in [6.45, 7) is 6.34. The number of Topliss-reactive ketones (excluding diaryl/α,β-unsaturated/α-hetero) is 1. The number of rotatable bonds is 7. The molecule has 1 fully saturated rings. The van der Waals surface area contributed by atoms with E-state index in [1.54, 1.807) is 25.1 Å². The molecule has 1 aromatic rings. The molecule has 2 unspecified atom stereocenters. The van der Waals surface area contributed by atoms with Gasteiger partial charge in [0.15, 0.2) is 17.5 Å². The molecule has 2 atom stereocenters. The second-order valence-electron chi connectivity index (χ2n) is 5.65. The van der Waals surface area contributed by atoms with E-state index in [0.717, 1.165) is 0 Å². The van der Waals surface area contributed by atoms with Gasteiger partial charge in [0.2, 0.25) is 0 Å². The smallest absolute Gasteiger partial charge is 0.324 e. The standard InChI is InChI=1S/C19H22O6/c1-4-23-14-8-6-13(17(11-14)24-5-2)7-9-15(20)18-16(21)10-12(3)25-19(18)22/h6-9,11-12,18H,4-5,10H2,1-3H3. The van der Waals surface area contributed by atoms with Crippen molar-refractivity contribution in [2.24, 2.45) is 5.92 Å². The van der Waals surface area contributed by atoms with Gasteiger partial charge in [-0.05, 0) is 45.1 Å². The van der Waals surface area contributed by atoms with Crippen molar-refractivity contribution in [2.45, 2.75) is 33.3 Å². The van der Waals surface area contributed by atoms with Crippen molar-refractivity contribution in [2.75, 3.05) is 13.2 Å². The summed E-state index contributed by atoms with van der Waals surface area (Å²) >= 11 is 0. The van der Waals surface area contributed by atoms with Gasteiger partial charge in [0.1, 0.15) is 17.6 Å². The van der Waals surface area contributed by atoms with Crippen LogP contribution in [0, 0.1) is 5.92 Å². The fourth-order valence-corrected chi connectivity index (χ4v) is 2.57. The predicted molar refractivity (Wildman–Crippen MR) is 91.5 cm³/mol. The van der Waals surface area contributed by atoms with E-state index < -0.39 is 29.6 Å². The Morgan fingerprint density at radius 2 is 1.96 bits per heavy atom. The fourth-order valence-electron chi connectivity index (χ4n) is 2.57. The van der Waals surface area contributed by atoms with Crippen molar-refractivity contribution in [1.82, 2.24) is 0 Å². The monoisotopic (exact) mass is 346 g/mol. The molecule has 0 radical (unpaired) electrons. The third kappa shape index (κ3) is 4.68. The van der Waals surface area contributed by atoms with Crippen LogP contribution in [0.4, 0.5) is 0 Å². The fraction of sp³-hybridized carbons (Fsp3) is 0.421. The summed E-state index contributed by atoms with van der Waals surface area (Å²) in [5.41, 5.74) is 0.656. The SMILES string of the molecule is CCOc1ccc(C=CC(=O)C2C(=O)CC(C)OC2=O)c(OCC)c1. The average molecular weight is 346 g/mol. The van der Waals surface area contributed by atoms with Crippen molar-refractivity contribution in [3.63, 3.8) is 0 Å². The Morgan fingerprint density at radius 3 is 2.60 bits per heavy atom. The summed E-state index contributed by atoms with van der Waals surface area (Å²) in [4.78, 5) is 36.0. The summed E-state index contributed by atoms with van der Waals surface area (Å²) in [7, 11) is 0. The van der Waals surface area contributed by atoms with E-state index >= 15 is 0 Å². The highest BCUT2D eigenvalue weighted by Crippen LogP contribution is 2.27. The minimum absolute atomic E-state index is 0.0588. The largest absolute Gasteiger partial charge is 0.494 e. The van der Waals surface area contributed by atoms with Crippen LogP contribution in [0.5, 0.6) is 11.5 Å². The highest BCUT2D eigenvalue weighted by atomic mass is 16.5. The molecule has 1 aliphatic heterocycles. The molecule has 2 rings (SSSR count). The first-order valence-corrected chi connectivity index (χ1v) is 8.31. The van der Waals surface area contributed by atoms with Crippen molar-refractivity contribution in [3.8, 4) is 11.5 Å². The van der Waals surface area contributed by atoms with Crippen LogP contribution in [0.2, 0.25) is 0 Å². The van der Waals surface area contributed by atoms with E-state index in [1.165, 1.54) is 12.2 Å². The number of cyclic esters (lactones) is 1. The quantitative estimate of drug-likeness (QED) is 0.429. The lowest BCUT2D eigenvalue weighted by Gasteiger charge is -2.22. The summed E-state index contributed by atoms with van der Waals surface area (Å²) in [6.07, 6.45) is 2.33. The van der Waals surface area contributed by atoms with Gasteiger partial charge in [0.05, 0.1) is 13.2 Å². The number of esters is 1. The van der Waals surface area contributed by atoms with Crippen molar-refractivity contribution in [3.05, 3.63) is 29.8 Å². The van der Waals surface area contributed by atoms with E-state index in [1.807, 2.05) is 13.8 Å². The zero-order chi connectivity index (χ0) is 18.4. The maximum absolute atomic E-state index is 12.3. The summed E-state index contributed by atoms with van der Waals surface area (Å²) < 4.78 is 16.0. The highest BCUT2D eigenvalue weighted by molar-refractivity contribution is 6.22. The van der Waals surface area contributed by atoms with Gasteiger partial charge in [0, 0.05) is 18.1 Å². The minimum atomic E-state index is -1.37. The van der Waals surface area contributed by atoms with Crippen LogP contribution in [0.15, 0.2) is 24.3 Å². The van der Waals surface area contributed by atoms with Gasteiger partial charge in [-0.1, -0.05) is 0 Å². The number of benzene rings is 1. The average Bonchev–Trinajstić information content (AvgIpc) is 2.53. The first kappa shape index (κ1) is 18.7. The molecule has 0 amide bonds. The van der Waals surface area contributed by atoms with Crippen molar-refractivity contribution >= 4 is 23.6 Å². The number of hydrogen-bond donors (Lipinski definition) is 0. The lowest BCUT2D eigenvalue weighted by molar-refractivity contribution is -0.164. The van der Waals surface area contributed by atoms with E-state index in [2.05, 4.69) is 0 Å². The number of carbonyl (C=O) groups excluding carboxylic acids is 3. The normalized spacial score (nSPS) is 20.4. The molecular formula is C19H22O6. The van der Waals surface area contributed by atoms with Crippen LogP contribution in [-0.4, -0.2) is 36.9 Å². The Kier molecular flexibility index (Phi) is 6.33. The molecular weight excluding hydrogens is 324 g/mol. The summed E-state index contributed by atoms with van der Waals surface area (Å²) in [5.74, 6) is -1.92. The molecule has 134 valence electrons. The predicted octanol–water partition coefficient (Wildman–Crippen LogP) is 2.59. The van der Waals surface area contributed by atoms with Gasteiger partial charge in [-0.15, -0.1) is 0 Å². The number of ketones is 2. The van der Waals surface area contributed by atoms with Crippen LogP contribution in [0.3, 0.4) is 0 Å². The van der Waals surface area contributed by atoms with Crippen LogP contribution in [0.1, 0.15) is 32.8 Å². The molecule has 0 aromatic heterocycles. The molecule has 0 bridgehead atoms. The third-order valence-electron chi connectivity index (χ3n) is 3.67. The maximum Gasteiger partial charge on any atom is 0.324 e. The molecule has 1 heterocycles. The number of carbonyl (C=O) groups is 3. The topological polar surface area (TPSA) is 78.9 Å². The highest BCUT2D eigenvalue weighted by Gasteiger charge is 2.39. The van der Waals surface area contributed by atoms with Gasteiger partial charge in [0.25, 0.3) is 0 Å². The lowest BCUT2D eigenvalue weighted by atomic mass is 9.92. The molecule has 0 saturated carbocycles. The van der Waals surface area contributed by atoms with Gasteiger partial charge < -0.3 is 14.2 Å². The molecule has 1 saturated heterocycles. The molecule has 1 aromatic carbocycles. The number of hydrogen-bond acceptors (Lipinski definition) is 6. The van der Waals surface area contributed by atoms with E-state index in [-0.39, 0.29) is 6.42 Å². The number of ether oxygens (including phenoxy) is 3. The Balaban J connectivity index is 2.18. The van der Waals surface area contributed by atoms with Gasteiger partial charge >= 0.3 is 5.97 Å². The second kappa shape index (κ2) is 8.46. The van der Waals surface area contributed by atoms with Gasteiger partial charge in [-0.2, -0.15) is 0 Å². The summed E-state index contributed by atoms with van der Waals surface area (Å²) in [6, 6.07) is 5.25. The lowest BCUT2D eigenvalue weighted by Crippen LogP contribution is -2.41. The van der Waals surface area contributed by atoms with E-state index in [0.29, 0.717) is 30.3 Å². The first-order valence-electron chi connectivity index (χ1n) is 8.31. The Bertz CT molecular complexity index is 673. The minimum Gasteiger partial charge on any atom is -0.494 e. The van der Waals surface area contributed by atoms with Gasteiger partial charge in [-0.25, -0.2) is 0 Å². The molecule has 0 spiro atoms. The van der Waals surface area contributed by atoms with E-state index in [4.69, 9.17) is 14.2 Å². The number of allylic oxidation sites excluding steroid dienone is 1. The molecule has 6 heteroatoms. The first-order chi connectivity index (χ1) is 12.0. The molecule has 0 N–H and O–H groups in total. The van der Waals surface area contributed by atoms with Gasteiger partial charge in [-0.3, -0.25) is 14.4 Å². The zero-order valence-corrected chi connectivity index (χ0v) is 14.6. The van der Waals surface area contributed by atoms with E-state index in [9.17, 15) is 14.4 Å². The Labute approximate surface area is 146 Å². The molecule has 6 nitrogen and oxygen atoms in total. The Morgan fingerprint density at radius 1 is 1.24 bits per heavy atom. The maximum atomic E-state index is 12.3.